The summed E-state index contributed by atoms with van der Waals surface area (Å²) in [7, 11) is 0. The molecule has 5 heteroatoms. The van der Waals surface area contributed by atoms with Crippen LogP contribution >= 0.6 is 0 Å². The fourth-order valence-electron chi connectivity index (χ4n) is 2.33. The molecule has 0 saturated carbocycles. The molecule has 0 aromatic carbocycles. The first-order chi connectivity index (χ1) is 11.9. The van der Waals surface area contributed by atoms with Gasteiger partial charge in [-0.05, 0) is 24.0 Å². The van der Waals surface area contributed by atoms with Crippen LogP contribution in [0, 0.1) is 5.92 Å². The van der Waals surface area contributed by atoms with Crippen molar-refractivity contribution in [2.24, 2.45) is 5.92 Å². The van der Waals surface area contributed by atoms with Gasteiger partial charge in [-0.3, -0.25) is 0 Å². The molecule has 0 bridgehead atoms. The second-order valence-corrected chi connectivity index (χ2v) is 10.6. The fourth-order valence-corrected chi connectivity index (χ4v) is 6.49. The third-order valence-electron chi connectivity index (χ3n) is 4.02. The molecule has 0 spiro atoms. The number of carbonyl (C=O) groups is 2. The van der Waals surface area contributed by atoms with Gasteiger partial charge in [-0.2, -0.15) is 0 Å². The molecule has 0 aliphatic rings. The number of carboxylic acids is 2. The number of aliphatic carboxylic acids is 2. The van der Waals surface area contributed by atoms with Gasteiger partial charge < -0.3 is 19.8 Å². The van der Waals surface area contributed by atoms with Gasteiger partial charge in [0.15, 0.2) is 0 Å². The van der Waals surface area contributed by atoms with Gasteiger partial charge in [0, 0.05) is 0 Å². The molecule has 0 saturated heterocycles. The first kappa shape index (κ1) is 26.7. The van der Waals surface area contributed by atoms with Gasteiger partial charge in [-0.25, -0.2) is 0 Å². The number of hydrogen-bond acceptors (Lipinski definition) is 4. The standard InChI is InChI=1S/C12H20O4.2C4H9.Sn/c1-3-5-6-9(4-2)7-10(12(15)16)8-11(13)14;2*1-3-4-2;/h8-9H,3-7H2,1-2H3,(H,13,14)(H,15,16);2*1,3-4H2,2H3;/q;;;+2/p-2/b10-8-;;;. The number of hydrogen-bond donors (Lipinski definition) is 0. The predicted molar refractivity (Wildman–Crippen MR) is 101 cm³/mol. The van der Waals surface area contributed by atoms with Gasteiger partial charge in [0.05, 0.1) is 11.9 Å². The van der Waals surface area contributed by atoms with E-state index < -0.39 is 11.9 Å². The van der Waals surface area contributed by atoms with E-state index in [1.165, 1.54) is 25.7 Å². The second-order valence-electron chi connectivity index (χ2n) is 6.35. The van der Waals surface area contributed by atoms with Gasteiger partial charge in [0.1, 0.15) is 0 Å². The Morgan fingerprint density at radius 1 is 0.920 bits per heavy atom. The fraction of sp³-hybridized carbons (Fsp3) is 0.800. The Balaban J connectivity index is 0. The molecule has 1 unspecified atom stereocenters. The minimum absolute atomic E-state index is 0.149. The Morgan fingerprint density at radius 2 is 1.44 bits per heavy atom. The number of carbonyl (C=O) groups excluding carboxylic acids is 2. The molecule has 0 aromatic rings. The van der Waals surface area contributed by atoms with Crippen molar-refractivity contribution in [2.45, 2.75) is 94.4 Å². The van der Waals surface area contributed by atoms with E-state index in [-0.39, 0.29) is 39.1 Å². The molecular weight excluding hydrogens is 423 g/mol. The maximum absolute atomic E-state index is 10.7. The van der Waals surface area contributed by atoms with E-state index >= 15 is 0 Å². The molecule has 25 heavy (non-hydrogen) atoms. The van der Waals surface area contributed by atoms with Crippen LogP contribution in [0.4, 0.5) is 0 Å². The summed E-state index contributed by atoms with van der Waals surface area (Å²) in [6.07, 6.45) is 10.5. The number of rotatable bonds is 14. The summed E-state index contributed by atoms with van der Waals surface area (Å²) in [6.45, 7) is 8.61. The van der Waals surface area contributed by atoms with Crippen LogP contribution in [0.2, 0.25) is 8.87 Å². The molecule has 1 atom stereocenters. The quantitative estimate of drug-likeness (QED) is 0.227. The molecule has 0 rings (SSSR count). The summed E-state index contributed by atoms with van der Waals surface area (Å²) < 4.78 is 3.25. The summed E-state index contributed by atoms with van der Waals surface area (Å²) in [5, 5.41) is 21.0. The van der Waals surface area contributed by atoms with Crippen LogP contribution in [-0.4, -0.2) is 33.1 Å². The van der Waals surface area contributed by atoms with Crippen molar-refractivity contribution in [1.29, 1.82) is 0 Å². The predicted octanol–water partition coefficient (Wildman–Crippen LogP) is 3.15. The van der Waals surface area contributed by atoms with Crippen molar-refractivity contribution in [3.8, 4) is 0 Å². The number of carboxylic acid groups (broad SMARTS) is 2. The van der Waals surface area contributed by atoms with E-state index in [1.54, 1.807) is 8.87 Å². The molecule has 0 heterocycles. The van der Waals surface area contributed by atoms with Crippen LogP contribution in [0.1, 0.15) is 85.5 Å². The third-order valence-corrected chi connectivity index (χ3v) is 8.06. The van der Waals surface area contributed by atoms with Crippen LogP contribution < -0.4 is 10.2 Å². The van der Waals surface area contributed by atoms with E-state index in [2.05, 4.69) is 20.8 Å². The Morgan fingerprint density at radius 3 is 1.80 bits per heavy atom. The Bertz CT molecular complexity index is 361. The first-order valence-corrected chi connectivity index (χ1v) is 13.8. The van der Waals surface area contributed by atoms with Crippen molar-refractivity contribution in [1.82, 2.24) is 0 Å². The average molecular weight is 459 g/mol. The van der Waals surface area contributed by atoms with E-state index in [0.29, 0.717) is 6.08 Å². The SMILES string of the molecule is CCCCC(CC)C/C(=C/C(=O)[O-])C(=O)[O-].CCC[CH2][Sn+2][CH2]CCC. The molecule has 0 amide bonds. The maximum atomic E-state index is 10.7. The van der Waals surface area contributed by atoms with Crippen LogP contribution in [0.5, 0.6) is 0 Å². The van der Waals surface area contributed by atoms with Gasteiger partial charge in [-0.1, -0.05) is 39.5 Å². The summed E-state index contributed by atoms with van der Waals surface area (Å²) in [4.78, 5) is 21.0. The van der Waals surface area contributed by atoms with E-state index in [0.717, 1.165) is 25.7 Å². The molecule has 0 aromatic heterocycles. The second kappa shape index (κ2) is 19.8. The average Bonchev–Trinajstić information content (AvgIpc) is 2.57. The first-order valence-electron chi connectivity index (χ1n) is 9.76. The van der Waals surface area contributed by atoms with Crippen LogP contribution in [0.3, 0.4) is 0 Å². The zero-order chi connectivity index (χ0) is 19.5. The van der Waals surface area contributed by atoms with E-state index in [1.807, 2.05) is 6.92 Å². The molecule has 0 aliphatic carbocycles. The van der Waals surface area contributed by atoms with Gasteiger partial charge in [-0.15, -0.1) is 0 Å². The minimum atomic E-state index is -1.48. The Hall–Kier alpha value is -0.521. The van der Waals surface area contributed by atoms with Crippen molar-refractivity contribution in [3.05, 3.63) is 11.6 Å². The molecule has 0 radical (unpaired) electrons. The van der Waals surface area contributed by atoms with Crippen molar-refractivity contribution in [2.75, 3.05) is 0 Å². The molecular formula is C20H36O4Sn. The van der Waals surface area contributed by atoms with Crippen LogP contribution in [0.15, 0.2) is 11.6 Å². The van der Waals surface area contributed by atoms with Gasteiger partial charge in [0.25, 0.3) is 0 Å². The van der Waals surface area contributed by atoms with Crippen molar-refractivity contribution >= 4 is 33.1 Å². The van der Waals surface area contributed by atoms with E-state index in [9.17, 15) is 19.8 Å². The number of unbranched alkanes of at least 4 members (excludes halogenated alkanes) is 3. The molecule has 0 fully saturated rings. The molecule has 4 nitrogen and oxygen atoms in total. The monoisotopic (exact) mass is 460 g/mol. The van der Waals surface area contributed by atoms with Crippen LogP contribution in [-0.2, 0) is 9.59 Å². The van der Waals surface area contributed by atoms with E-state index in [4.69, 9.17) is 0 Å². The normalized spacial score (nSPS) is 11.9. The zero-order valence-corrected chi connectivity index (χ0v) is 19.4. The third kappa shape index (κ3) is 19.6. The topological polar surface area (TPSA) is 80.3 Å². The van der Waals surface area contributed by atoms with Crippen molar-refractivity contribution in [3.63, 3.8) is 0 Å². The van der Waals surface area contributed by atoms with Gasteiger partial charge in [0.2, 0.25) is 0 Å². The van der Waals surface area contributed by atoms with Crippen LogP contribution in [0.25, 0.3) is 0 Å². The molecule has 0 N–H and O–H groups in total. The Labute approximate surface area is 164 Å². The Kier molecular flexibility index (Phi) is 21.1. The molecule has 144 valence electrons. The van der Waals surface area contributed by atoms with Gasteiger partial charge >= 0.3 is 69.5 Å². The summed E-state index contributed by atoms with van der Waals surface area (Å²) in [5.41, 5.74) is -0.178. The van der Waals surface area contributed by atoms with Crippen molar-refractivity contribution < 1.29 is 19.8 Å². The summed E-state index contributed by atoms with van der Waals surface area (Å²) in [6, 6.07) is 0. The molecule has 0 aliphatic heterocycles. The summed E-state index contributed by atoms with van der Waals surface area (Å²) >= 11 is 0.149. The summed E-state index contributed by atoms with van der Waals surface area (Å²) in [5.74, 6) is -2.70. The zero-order valence-electron chi connectivity index (χ0n) is 16.6.